The highest BCUT2D eigenvalue weighted by atomic mass is 16.5. The smallest absolute Gasteiger partial charge is 0.263 e. The van der Waals surface area contributed by atoms with E-state index in [1.54, 1.807) is 13.3 Å². The van der Waals surface area contributed by atoms with E-state index in [1.807, 2.05) is 0 Å². The molecule has 2 aromatic heterocycles. The average Bonchev–Trinajstić information content (AvgIpc) is 3.38. The number of rotatable bonds is 3. The van der Waals surface area contributed by atoms with E-state index in [-0.39, 0.29) is 12.5 Å². The molecule has 1 amide bonds. The summed E-state index contributed by atoms with van der Waals surface area (Å²) in [5.74, 6) is 1.80. The van der Waals surface area contributed by atoms with E-state index in [0.717, 1.165) is 18.5 Å². The van der Waals surface area contributed by atoms with Crippen molar-refractivity contribution in [1.82, 2.24) is 19.9 Å². The van der Waals surface area contributed by atoms with Crippen LogP contribution >= 0.6 is 0 Å². The van der Waals surface area contributed by atoms with Gasteiger partial charge in [0.2, 0.25) is 5.88 Å². The molecule has 112 valence electrons. The Hall–Kier alpha value is -2.77. The molecular formula is C14H13N5O3. The highest BCUT2D eigenvalue weighted by Crippen LogP contribution is 2.45. The predicted molar refractivity (Wildman–Crippen MR) is 75.7 cm³/mol. The first-order valence-corrected chi connectivity index (χ1v) is 6.95. The number of hydrogen-bond acceptors (Lipinski definition) is 7. The number of nitrogens with one attached hydrogen (secondary N) is 1. The maximum atomic E-state index is 11.4. The summed E-state index contributed by atoms with van der Waals surface area (Å²) >= 11 is 0. The van der Waals surface area contributed by atoms with Crippen LogP contribution in [0.1, 0.15) is 24.5 Å². The number of anilines is 1. The molecule has 8 heteroatoms. The summed E-state index contributed by atoms with van der Waals surface area (Å²) in [6, 6.07) is 0. The number of aromatic nitrogens is 4. The van der Waals surface area contributed by atoms with Crippen LogP contribution in [0.3, 0.4) is 0 Å². The second kappa shape index (κ2) is 4.90. The molecule has 0 radical (unpaired) electrons. The van der Waals surface area contributed by atoms with Crippen molar-refractivity contribution in [3.05, 3.63) is 18.2 Å². The number of carbonyl (C=O) groups excluding carboxylic acids is 1. The van der Waals surface area contributed by atoms with Crippen molar-refractivity contribution in [1.29, 1.82) is 0 Å². The van der Waals surface area contributed by atoms with Gasteiger partial charge in [0, 0.05) is 5.92 Å². The highest BCUT2D eigenvalue weighted by molar-refractivity contribution is 5.94. The van der Waals surface area contributed by atoms with Gasteiger partial charge in [-0.3, -0.25) is 4.79 Å². The molecule has 1 N–H and O–H groups in total. The fraction of sp³-hybridized carbons (Fsp3) is 0.357. The lowest BCUT2D eigenvalue weighted by molar-refractivity contribution is -0.118. The summed E-state index contributed by atoms with van der Waals surface area (Å²) < 4.78 is 10.6. The molecule has 0 spiro atoms. The van der Waals surface area contributed by atoms with Crippen molar-refractivity contribution in [2.45, 2.75) is 18.8 Å². The Morgan fingerprint density at radius 2 is 2.18 bits per heavy atom. The molecule has 1 aliphatic carbocycles. The van der Waals surface area contributed by atoms with Crippen LogP contribution in [-0.2, 0) is 4.79 Å². The zero-order chi connectivity index (χ0) is 15.1. The van der Waals surface area contributed by atoms with Crippen LogP contribution < -0.4 is 14.8 Å². The molecular weight excluding hydrogens is 286 g/mol. The lowest BCUT2D eigenvalue weighted by Gasteiger charge is -2.17. The minimum Gasteiger partial charge on any atom is -0.480 e. The van der Waals surface area contributed by atoms with Crippen LogP contribution in [0.5, 0.6) is 11.6 Å². The quantitative estimate of drug-likeness (QED) is 0.907. The van der Waals surface area contributed by atoms with Gasteiger partial charge in [-0.2, -0.15) is 0 Å². The molecule has 3 heterocycles. The number of hydrogen-bond donors (Lipinski definition) is 1. The van der Waals surface area contributed by atoms with Crippen LogP contribution in [0.15, 0.2) is 12.5 Å². The second-order valence-corrected chi connectivity index (χ2v) is 5.16. The lowest BCUT2D eigenvalue weighted by atomic mass is 10.1. The number of fused-ring (bicyclic) bond motifs is 1. The van der Waals surface area contributed by atoms with Gasteiger partial charge in [0.15, 0.2) is 24.0 Å². The first-order valence-electron chi connectivity index (χ1n) is 6.95. The third-order valence-electron chi connectivity index (χ3n) is 3.59. The second-order valence-electron chi connectivity index (χ2n) is 5.16. The fourth-order valence-electron chi connectivity index (χ4n) is 2.41. The average molecular weight is 299 g/mol. The molecule has 0 atom stereocenters. The summed E-state index contributed by atoms with van der Waals surface area (Å²) in [7, 11) is 1.55. The molecule has 2 aromatic rings. The van der Waals surface area contributed by atoms with Crippen LogP contribution in [0.2, 0.25) is 0 Å². The fourth-order valence-corrected chi connectivity index (χ4v) is 2.41. The molecule has 1 fully saturated rings. The molecule has 1 saturated carbocycles. The van der Waals surface area contributed by atoms with Gasteiger partial charge in [0.1, 0.15) is 11.9 Å². The number of ether oxygens (including phenoxy) is 2. The first kappa shape index (κ1) is 12.9. The Kier molecular flexibility index (Phi) is 2.88. The SMILES string of the molecule is COc1ncnc(C2CC2)c1-c1ncc2c(n1)NC(=O)CO2. The van der Waals surface area contributed by atoms with Gasteiger partial charge in [0.25, 0.3) is 5.91 Å². The van der Waals surface area contributed by atoms with Crippen molar-refractivity contribution in [2.24, 2.45) is 0 Å². The standard InChI is InChI=1S/C14H13N5O3/c1-21-14-10(11(7-2-3-7)16-6-17-14)13-15-4-8-12(19-13)18-9(20)5-22-8/h4,6-7H,2-3,5H2,1H3,(H,15,18,19,20). The Morgan fingerprint density at radius 1 is 1.32 bits per heavy atom. The zero-order valence-corrected chi connectivity index (χ0v) is 11.9. The van der Waals surface area contributed by atoms with E-state index in [0.29, 0.717) is 34.8 Å². The molecule has 0 unspecified atom stereocenters. The van der Waals surface area contributed by atoms with Crippen molar-refractivity contribution in [3.63, 3.8) is 0 Å². The van der Waals surface area contributed by atoms with E-state index >= 15 is 0 Å². The Morgan fingerprint density at radius 3 is 2.95 bits per heavy atom. The summed E-state index contributed by atoms with van der Waals surface area (Å²) in [4.78, 5) is 28.6. The van der Waals surface area contributed by atoms with E-state index in [2.05, 4.69) is 25.3 Å². The summed E-state index contributed by atoms with van der Waals surface area (Å²) in [6.07, 6.45) is 5.19. The van der Waals surface area contributed by atoms with Gasteiger partial charge in [-0.1, -0.05) is 0 Å². The van der Waals surface area contributed by atoms with Gasteiger partial charge in [-0.25, -0.2) is 19.9 Å². The topological polar surface area (TPSA) is 99.1 Å². The number of carbonyl (C=O) groups is 1. The normalized spacial score (nSPS) is 16.5. The molecule has 2 aliphatic rings. The maximum Gasteiger partial charge on any atom is 0.263 e. The first-order chi connectivity index (χ1) is 10.8. The Balaban J connectivity index is 1.85. The van der Waals surface area contributed by atoms with Crippen LogP contribution in [0, 0.1) is 0 Å². The van der Waals surface area contributed by atoms with Crippen LogP contribution in [-0.4, -0.2) is 39.6 Å². The van der Waals surface area contributed by atoms with E-state index in [9.17, 15) is 4.79 Å². The van der Waals surface area contributed by atoms with Gasteiger partial charge >= 0.3 is 0 Å². The van der Waals surface area contributed by atoms with Crippen LogP contribution in [0.4, 0.5) is 5.82 Å². The van der Waals surface area contributed by atoms with E-state index in [1.165, 1.54) is 6.33 Å². The van der Waals surface area contributed by atoms with E-state index in [4.69, 9.17) is 9.47 Å². The van der Waals surface area contributed by atoms with Crippen molar-refractivity contribution in [3.8, 4) is 23.0 Å². The molecule has 1 aliphatic heterocycles. The highest BCUT2D eigenvalue weighted by Gasteiger charge is 2.32. The number of amides is 1. The third-order valence-corrected chi connectivity index (χ3v) is 3.59. The van der Waals surface area contributed by atoms with Crippen molar-refractivity contribution in [2.75, 3.05) is 19.0 Å². The van der Waals surface area contributed by atoms with Gasteiger partial charge in [-0.15, -0.1) is 0 Å². The van der Waals surface area contributed by atoms with Gasteiger partial charge in [-0.05, 0) is 12.8 Å². The molecule has 0 bridgehead atoms. The summed E-state index contributed by atoms with van der Waals surface area (Å²) in [5.41, 5.74) is 1.56. The summed E-state index contributed by atoms with van der Waals surface area (Å²) in [5, 5.41) is 2.68. The predicted octanol–water partition coefficient (Wildman–Crippen LogP) is 1.15. The Bertz CT molecular complexity index is 760. The summed E-state index contributed by atoms with van der Waals surface area (Å²) in [6.45, 7) is -0.0270. The molecule has 8 nitrogen and oxygen atoms in total. The third kappa shape index (κ3) is 2.12. The number of methoxy groups -OCH3 is 1. The monoisotopic (exact) mass is 299 g/mol. The largest absolute Gasteiger partial charge is 0.480 e. The van der Waals surface area contributed by atoms with E-state index < -0.39 is 0 Å². The maximum absolute atomic E-state index is 11.4. The minimum atomic E-state index is -0.240. The minimum absolute atomic E-state index is 0.0270. The van der Waals surface area contributed by atoms with Crippen molar-refractivity contribution < 1.29 is 14.3 Å². The molecule has 0 aromatic carbocycles. The Labute approximate surface area is 125 Å². The molecule has 22 heavy (non-hydrogen) atoms. The van der Waals surface area contributed by atoms with Gasteiger partial charge < -0.3 is 14.8 Å². The van der Waals surface area contributed by atoms with Crippen LogP contribution in [0.25, 0.3) is 11.4 Å². The zero-order valence-electron chi connectivity index (χ0n) is 11.9. The van der Waals surface area contributed by atoms with Crippen molar-refractivity contribution >= 4 is 11.7 Å². The molecule has 0 saturated heterocycles. The molecule has 4 rings (SSSR count). The number of nitrogens with zero attached hydrogens (tertiary/aromatic N) is 4. The lowest BCUT2D eigenvalue weighted by Crippen LogP contribution is -2.26. The van der Waals surface area contributed by atoms with Gasteiger partial charge in [0.05, 0.1) is 19.0 Å².